The normalized spacial score (nSPS) is 30.8. The van der Waals surface area contributed by atoms with Crippen LogP contribution in [0, 0.1) is 0 Å². The Balaban J connectivity index is 1.86. The minimum atomic E-state index is -0.147. The minimum absolute atomic E-state index is 0.147. The summed E-state index contributed by atoms with van der Waals surface area (Å²) in [5.74, 6) is 0.878. The third-order valence-corrected chi connectivity index (χ3v) is 4.97. The van der Waals surface area contributed by atoms with Crippen LogP contribution in [0.1, 0.15) is 24.8 Å². The van der Waals surface area contributed by atoms with Crippen LogP contribution in [-0.2, 0) is 0 Å². The van der Waals surface area contributed by atoms with Crippen molar-refractivity contribution >= 4 is 16.8 Å². The molecule has 1 aromatic rings. The Morgan fingerprint density at radius 1 is 1.33 bits per heavy atom. The van der Waals surface area contributed by atoms with E-state index in [0.717, 1.165) is 35.6 Å². The lowest BCUT2D eigenvalue weighted by Crippen LogP contribution is -2.30. The van der Waals surface area contributed by atoms with Gasteiger partial charge in [0.15, 0.2) is 0 Å². The zero-order chi connectivity index (χ0) is 12.5. The van der Waals surface area contributed by atoms with Crippen LogP contribution < -0.4 is 4.74 Å². The highest BCUT2D eigenvalue weighted by Crippen LogP contribution is 2.40. The van der Waals surface area contributed by atoms with Crippen molar-refractivity contribution in [2.45, 2.75) is 36.7 Å². The number of rotatable bonds is 2. The van der Waals surface area contributed by atoms with E-state index in [9.17, 15) is 5.11 Å². The standard InChI is InChI=1S/C14H17NO2S/c1-17-12-5-3-2-4-10(12)14-15-11-7-6-9(16)8-13(11)18-14/h2-5,9,11,13,16H,6-8H2,1H3. The highest BCUT2D eigenvalue weighted by Gasteiger charge is 2.36. The number of para-hydroxylation sites is 1. The molecule has 0 bridgehead atoms. The van der Waals surface area contributed by atoms with Crippen LogP contribution in [0.15, 0.2) is 29.3 Å². The fraction of sp³-hybridized carbons (Fsp3) is 0.500. The number of aliphatic hydroxyl groups is 1. The Kier molecular flexibility index (Phi) is 3.31. The van der Waals surface area contributed by atoms with Crippen molar-refractivity contribution in [1.29, 1.82) is 0 Å². The molecule has 0 radical (unpaired) electrons. The van der Waals surface area contributed by atoms with Crippen molar-refractivity contribution in [3.05, 3.63) is 29.8 Å². The van der Waals surface area contributed by atoms with E-state index in [1.165, 1.54) is 0 Å². The first kappa shape index (κ1) is 12.1. The predicted molar refractivity (Wildman–Crippen MR) is 74.6 cm³/mol. The van der Waals surface area contributed by atoms with Gasteiger partial charge in [0.25, 0.3) is 0 Å². The second-order valence-electron chi connectivity index (χ2n) is 4.83. The molecule has 3 atom stereocenters. The van der Waals surface area contributed by atoms with Crippen LogP contribution in [-0.4, -0.2) is 34.7 Å². The summed E-state index contributed by atoms with van der Waals surface area (Å²) in [7, 11) is 1.69. The van der Waals surface area contributed by atoms with Gasteiger partial charge in [-0.3, -0.25) is 4.99 Å². The number of ether oxygens (including phenoxy) is 1. The summed E-state index contributed by atoms with van der Waals surface area (Å²) in [6.07, 6.45) is 2.59. The van der Waals surface area contributed by atoms with Gasteiger partial charge >= 0.3 is 0 Å². The van der Waals surface area contributed by atoms with Crippen molar-refractivity contribution in [3.63, 3.8) is 0 Å². The van der Waals surface area contributed by atoms with Gasteiger partial charge in [0.1, 0.15) is 10.8 Å². The predicted octanol–water partition coefficient (Wildman–Crippen LogP) is 2.47. The Hall–Kier alpha value is -1.00. The van der Waals surface area contributed by atoms with Crippen LogP contribution in [0.3, 0.4) is 0 Å². The first-order valence-electron chi connectivity index (χ1n) is 6.34. The summed E-state index contributed by atoms with van der Waals surface area (Å²) in [5, 5.41) is 11.2. The van der Waals surface area contributed by atoms with Crippen LogP contribution in [0.4, 0.5) is 0 Å². The Morgan fingerprint density at radius 3 is 3.00 bits per heavy atom. The SMILES string of the molecule is COc1ccccc1C1=NC2CCC(O)CC2S1. The molecule has 1 aromatic carbocycles. The third-order valence-electron chi connectivity index (χ3n) is 3.61. The summed E-state index contributed by atoms with van der Waals surface area (Å²) in [5.41, 5.74) is 1.08. The minimum Gasteiger partial charge on any atom is -0.496 e. The molecule has 0 amide bonds. The zero-order valence-corrected chi connectivity index (χ0v) is 11.2. The number of hydrogen-bond donors (Lipinski definition) is 1. The maximum absolute atomic E-state index is 9.72. The molecule has 1 heterocycles. The van der Waals surface area contributed by atoms with E-state index in [1.807, 2.05) is 18.2 Å². The van der Waals surface area contributed by atoms with E-state index in [2.05, 4.69) is 6.07 Å². The number of aliphatic hydroxyl groups excluding tert-OH is 1. The lowest BCUT2D eigenvalue weighted by Gasteiger charge is -2.26. The molecule has 1 fully saturated rings. The molecule has 2 aliphatic rings. The number of nitrogens with zero attached hydrogens (tertiary/aromatic N) is 1. The number of hydrogen-bond acceptors (Lipinski definition) is 4. The molecule has 3 unspecified atom stereocenters. The largest absolute Gasteiger partial charge is 0.496 e. The molecule has 1 saturated carbocycles. The number of methoxy groups -OCH3 is 1. The van der Waals surface area contributed by atoms with E-state index < -0.39 is 0 Å². The van der Waals surface area contributed by atoms with Crippen LogP contribution >= 0.6 is 11.8 Å². The first-order chi connectivity index (χ1) is 8.78. The Labute approximate surface area is 111 Å². The van der Waals surface area contributed by atoms with Gasteiger partial charge in [-0.15, -0.1) is 11.8 Å². The summed E-state index contributed by atoms with van der Waals surface area (Å²) in [6.45, 7) is 0. The quantitative estimate of drug-likeness (QED) is 0.891. The monoisotopic (exact) mass is 263 g/mol. The van der Waals surface area contributed by atoms with Gasteiger partial charge in [0.05, 0.1) is 19.3 Å². The van der Waals surface area contributed by atoms with E-state index in [0.29, 0.717) is 11.3 Å². The van der Waals surface area contributed by atoms with Gasteiger partial charge in [0.2, 0.25) is 0 Å². The molecule has 0 spiro atoms. The number of thioether (sulfide) groups is 1. The van der Waals surface area contributed by atoms with Gasteiger partial charge in [-0.1, -0.05) is 12.1 Å². The van der Waals surface area contributed by atoms with Crippen LogP contribution in [0.25, 0.3) is 0 Å². The van der Waals surface area contributed by atoms with Crippen LogP contribution in [0.2, 0.25) is 0 Å². The molecule has 3 nitrogen and oxygen atoms in total. The number of benzene rings is 1. The summed E-state index contributed by atoms with van der Waals surface area (Å²) in [4.78, 5) is 4.81. The highest BCUT2D eigenvalue weighted by atomic mass is 32.2. The Morgan fingerprint density at radius 2 is 2.17 bits per heavy atom. The topological polar surface area (TPSA) is 41.8 Å². The molecule has 4 heteroatoms. The molecule has 1 aliphatic carbocycles. The molecular weight excluding hydrogens is 246 g/mol. The average molecular weight is 263 g/mol. The molecule has 96 valence electrons. The average Bonchev–Trinajstić information content (AvgIpc) is 2.81. The van der Waals surface area contributed by atoms with E-state index in [1.54, 1.807) is 18.9 Å². The molecule has 3 rings (SSSR count). The van der Waals surface area contributed by atoms with Gasteiger partial charge in [-0.25, -0.2) is 0 Å². The van der Waals surface area contributed by atoms with Crippen molar-refractivity contribution in [3.8, 4) is 5.75 Å². The highest BCUT2D eigenvalue weighted by molar-refractivity contribution is 8.15. The lowest BCUT2D eigenvalue weighted by molar-refractivity contribution is 0.127. The first-order valence-corrected chi connectivity index (χ1v) is 7.22. The third kappa shape index (κ3) is 2.15. The second-order valence-corrected chi connectivity index (χ2v) is 6.05. The molecule has 0 saturated heterocycles. The van der Waals surface area contributed by atoms with Crippen molar-refractivity contribution in [2.75, 3.05) is 7.11 Å². The van der Waals surface area contributed by atoms with E-state index in [-0.39, 0.29) is 6.10 Å². The van der Waals surface area contributed by atoms with Crippen molar-refractivity contribution < 1.29 is 9.84 Å². The summed E-state index contributed by atoms with van der Waals surface area (Å²) >= 11 is 1.79. The van der Waals surface area contributed by atoms with Gasteiger partial charge in [-0.2, -0.15) is 0 Å². The molecular formula is C14H17NO2S. The molecule has 0 aromatic heterocycles. The zero-order valence-electron chi connectivity index (χ0n) is 10.4. The van der Waals surface area contributed by atoms with Gasteiger partial charge < -0.3 is 9.84 Å². The molecule has 18 heavy (non-hydrogen) atoms. The summed E-state index contributed by atoms with van der Waals surface area (Å²) < 4.78 is 5.39. The summed E-state index contributed by atoms with van der Waals surface area (Å²) in [6, 6.07) is 8.38. The fourth-order valence-corrected chi connectivity index (χ4v) is 4.10. The Bertz CT molecular complexity index is 475. The van der Waals surface area contributed by atoms with Crippen molar-refractivity contribution in [1.82, 2.24) is 0 Å². The maximum Gasteiger partial charge on any atom is 0.128 e. The second kappa shape index (κ2) is 4.94. The van der Waals surface area contributed by atoms with Crippen LogP contribution in [0.5, 0.6) is 5.75 Å². The van der Waals surface area contributed by atoms with Gasteiger partial charge in [-0.05, 0) is 31.4 Å². The number of fused-ring (bicyclic) bond motifs is 1. The molecule has 1 N–H and O–H groups in total. The fourth-order valence-electron chi connectivity index (χ4n) is 2.65. The van der Waals surface area contributed by atoms with E-state index >= 15 is 0 Å². The van der Waals surface area contributed by atoms with Crippen molar-refractivity contribution in [2.24, 2.45) is 4.99 Å². The smallest absolute Gasteiger partial charge is 0.128 e. The lowest BCUT2D eigenvalue weighted by atomic mass is 9.93. The van der Waals surface area contributed by atoms with Gasteiger partial charge in [0, 0.05) is 10.8 Å². The van der Waals surface area contributed by atoms with E-state index in [4.69, 9.17) is 9.73 Å². The molecule has 1 aliphatic heterocycles. The maximum atomic E-state index is 9.72. The number of aliphatic imine (C=N–C) groups is 1.